The molecule has 6 aromatic carbocycles. The third-order valence-electron chi connectivity index (χ3n) is 10.7. The number of carbonyl (C=O) groups excluding carboxylic acids is 4. The number of amides is 4. The third-order valence-corrected chi connectivity index (χ3v) is 10.7. The van der Waals surface area contributed by atoms with E-state index < -0.39 is 0 Å². The van der Waals surface area contributed by atoms with Gasteiger partial charge in [0.2, 0.25) is 0 Å². The molecule has 55 heavy (non-hydrogen) atoms. The number of ether oxygens (including phenoxy) is 2. The van der Waals surface area contributed by atoms with E-state index in [0.29, 0.717) is 58.2 Å². The van der Waals surface area contributed by atoms with Gasteiger partial charge in [0.05, 0.1) is 33.6 Å². The molecule has 0 fully saturated rings. The summed E-state index contributed by atoms with van der Waals surface area (Å²) in [5.74, 6) is -0.243. The van der Waals surface area contributed by atoms with Crippen LogP contribution in [0.15, 0.2) is 133 Å². The van der Waals surface area contributed by atoms with Crippen LogP contribution in [0.5, 0.6) is 11.5 Å². The Kier molecular flexibility index (Phi) is 7.51. The predicted molar refractivity (Wildman–Crippen MR) is 207 cm³/mol. The highest BCUT2D eigenvalue weighted by atomic mass is 16.5. The minimum atomic E-state index is -0.339. The molecule has 0 saturated carbocycles. The lowest BCUT2D eigenvalue weighted by Crippen LogP contribution is -2.35. The van der Waals surface area contributed by atoms with Crippen LogP contribution in [-0.4, -0.2) is 37.1 Å². The van der Waals surface area contributed by atoms with E-state index in [4.69, 9.17) is 9.47 Å². The van der Waals surface area contributed by atoms with Gasteiger partial charge in [-0.1, -0.05) is 72.8 Å². The second-order valence-corrected chi connectivity index (χ2v) is 14.0. The molecular formula is C45H32N4O6. The van der Waals surface area contributed by atoms with E-state index in [9.17, 15) is 19.2 Å². The van der Waals surface area contributed by atoms with Crippen molar-refractivity contribution in [1.82, 2.24) is 0 Å². The van der Waals surface area contributed by atoms with E-state index in [2.05, 4.69) is 58.3 Å². The highest BCUT2D eigenvalue weighted by molar-refractivity contribution is 6.35. The van der Waals surface area contributed by atoms with Crippen LogP contribution in [0.2, 0.25) is 0 Å². The number of hydrogen-bond donors (Lipinski definition) is 0. The summed E-state index contributed by atoms with van der Waals surface area (Å²) in [6.45, 7) is 1.70. The number of para-hydroxylation sites is 2. The van der Waals surface area contributed by atoms with Crippen molar-refractivity contribution < 1.29 is 28.7 Å². The van der Waals surface area contributed by atoms with Crippen molar-refractivity contribution in [2.24, 2.45) is 0 Å². The second kappa shape index (κ2) is 12.7. The van der Waals surface area contributed by atoms with Crippen molar-refractivity contribution in [2.45, 2.75) is 19.5 Å². The van der Waals surface area contributed by atoms with Crippen molar-refractivity contribution in [2.75, 3.05) is 33.1 Å². The zero-order valence-electron chi connectivity index (χ0n) is 29.5. The van der Waals surface area contributed by atoms with Gasteiger partial charge < -0.3 is 19.3 Å². The number of fused-ring (bicyclic) bond motifs is 4. The molecule has 0 spiro atoms. The van der Waals surface area contributed by atoms with Crippen LogP contribution in [0, 0.1) is 0 Å². The zero-order valence-corrected chi connectivity index (χ0v) is 29.5. The lowest BCUT2D eigenvalue weighted by molar-refractivity contribution is 0.0909. The quantitative estimate of drug-likeness (QED) is 0.162. The van der Waals surface area contributed by atoms with Gasteiger partial charge in [-0.25, -0.2) is 9.80 Å². The van der Waals surface area contributed by atoms with Crippen LogP contribution < -0.4 is 29.1 Å². The van der Waals surface area contributed by atoms with Gasteiger partial charge in [0.25, 0.3) is 23.6 Å². The van der Waals surface area contributed by atoms with E-state index in [1.54, 1.807) is 60.7 Å². The van der Waals surface area contributed by atoms with Crippen molar-refractivity contribution in [3.8, 4) is 11.5 Å². The first-order valence-corrected chi connectivity index (χ1v) is 18.1. The fraction of sp³-hybridized carbons (Fsp3) is 0.111. The maximum Gasteiger partial charge on any atom is 0.266 e. The molecule has 0 N–H and O–H groups in total. The number of benzene rings is 6. The lowest BCUT2D eigenvalue weighted by atomic mass is 10.0. The van der Waals surface area contributed by atoms with Crippen molar-refractivity contribution in [3.05, 3.63) is 178 Å². The average Bonchev–Trinajstić information content (AvgIpc) is 3.64. The Morgan fingerprint density at radius 2 is 0.782 bits per heavy atom. The standard InChI is InChI=1S/C45H32N4O6/c50-42-34-9-1-2-10-35(34)43(51)48(42)38-13-5-7-30-24-46(26-54-40(30)38)32-19-15-28(16-20-32)23-29-17-21-33(22-18-29)47-25-31-8-6-14-39(41(31)55-27-47)49-44(52)36-11-3-4-12-37(36)45(49)53/h1-22H,23-27H2. The van der Waals surface area contributed by atoms with Gasteiger partial charge in [0.1, 0.15) is 0 Å². The Morgan fingerprint density at radius 3 is 1.15 bits per heavy atom. The summed E-state index contributed by atoms with van der Waals surface area (Å²) in [4.78, 5) is 59.4. The molecule has 10 rings (SSSR count). The normalized spacial score (nSPS) is 15.7. The zero-order chi connectivity index (χ0) is 37.2. The van der Waals surface area contributed by atoms with E-state index >= 15 is 0 Å². The molecule has 0 bridgehead atoms. The molecule has 268 valence electrons. The van der Waals surface area contributed by atoms with Crippen LogP contribution in [-0.2, 0) is 19.5 Å². The lowest BCUT2D eigenvalue weighted by Gasteiger charge is -2.33. The maximum absolute atomic E-state index is 13.2. The van der Waals surface area contributed by atoms with Crippen LogP contribution >= 0.6 is 0 Å². The topological polar surface area (TPSA) is 99.7 Å². The van der Waals surface area contributed by atoms with Gasteiger partial charge in [-0.3, -0.25) is 19.2 Å². The molecule has 4 aliphatic heterocycles. The van der Waals surface area contributed by atoms with E-state index in [1.807, 2.05) is 24.3 Å². The number of rotatable bonds is 6. The van der Waals surface area contributed by atoms with Gasteiger partial charge in [-0.05, 0) is 78.2 Å². The van der Waals surface area contributed by atoms with E-state index in [0.717, 1.165) is 28.9 Å². The number of anilines is 4. The third kappa shape index (κ3) is 5.33. The van der Waals surface area contributed by atoms with Crippen LogP contribution in [0.25, 0.3) is 0 Å². The Balaban J connectivity index is 0.792. The minimum Gasteiger partial charge on any atom is -0.471 e. The molecule has 0 saturated heterocycles. The molecule has 0 atom stereocenters. The maximum atomic E-state index is 13.2. The monoisotopic (exact) mass is 724 g/mol. The van der Waals surface area contributed by atoms with Crippen molar-refractivity contribution >= 4 is 46.4 Å². The van der Waals surface area contributed by atoms with Crippen molar-refractivity contribution in [1.29, 1.82) is 0 Å². The Hall–Kier alpha value is -7.20. The second-order valence-electron chi connectivity index (χ2n) is 14.0. The van der Waals surface area contributed by atoms with Crippen LogP contribution in [0.4, 0.5) is 22.7 Å². The first-order chi connectivity index (χ1) is 26.9. The summed E-state index contributed by atoms with van der Waals surface area (Å²) >= 11 is 0. The molecule has 10 heteroatoms. The van der Waals surface area contributed by atoms with Crippen LogP contribution in [0.1, 0.15) is 63.7 Å². The molecule has 10 nitrogen and oxygen atoms in total. The SMILES string of the molecule is O=C1c2ccccc2C(=O)N1c1cccc2c1OCN(c1ccc(Cc3ccc(N4COc5c(cccc5N5C(=O)c6ccccc6C5=O)C4)cc3)cc1)C2. The summed E-state index contributed by atoms with van der Waals surface area (Å²) in [6, 6.07) is 41.7. The smallest absolute Gasteiger partial charge is 0.266 e. The predicted octanol–water partition coefficient (Wildman–Crippen LogP) is 7.59. The highest BCUT2D eigenvalue weighted by Crippen LogP contribution is 2.42. The number of carbonyl (C=O) groups is 4. The molecule has 0 aromatic heterocycles. The number of nitrogens with zero attached hydrogens (tertiary/aromatic N) is 4. The minimum absolute atomic E-state index is 0.281. The van der Waals surface area contributed by atoms with Gasteiger partial charge in [0, 0.05) is 35.6 Å². The van der Waals surface area contributed by atoms with Crippen molar-refractivity contribution in [3.63, 3.8) is 0 Å². The molecule has 0 aliphatic carbocycles. The first-order valence-electron chi connectivity index (χ1n) is 18.1. The Labute approximate surface area is 316 Å². The molecule has 0 radical (unpaired) electrons. The highest BCUT2D eigenvalue weighted by Gasteiger charge is 2.40. The summed E-state index contributed by atoms with van der Waals surface area (Å²) in [5, 5.41) is 0. The average molecular weight is 725 g/mol. The molecule has 4 amide bonds. The summed E-state index contributed by atoms with van der Waals surface area (Å²) in [5.41, 5.74) is 8.69. The Morgan fingerprint density at radius 1 is 0.418 bits per heavy atom. The molecule has 6 aromatic rings. The fourth-order valence-corrected chi connectivity index (χ4v) is 7.90. The molecule has 4 heterocycles. The largest absolute Gasteiger partial charge is 0.471 e. The van der Waals surface area contributed by atoms with E-state index in [-0.39, 0.29) is 37.1 Å². The van der Waals surface area contributed by atoms with Crippen LogP contribution in [0.3, 0.4) is 0 Å². The Bertz CT molecular complexity index is 2340. The number of imide groups is 2. The van der Waals surface area contributed by atoms with Gasteiger partial charge >= 0.3 is 0 Å². The number of hydrogen-bond acceptors (Lipinski definition) is 8. The van der Waals surface area contributed by atoms with Gasteiger partial charge in [-0.2, -0.15) is 0 Å². The molecule has 0 unspecified atom stereocenters. The first kappa shape index (κ1) is 32.5. The molecule has 4 aliphatic rings. The van der Waals surface area contributed by atoms with E-state index in [1.165, 1.54) is 20.9 Å². The molecular weight excluding hydrogens is 693 g/mol. The fourth-order valence-electron chi connectivity index (χ4n) is 7.90. The van der Waals surface area contributed by atoms with Gasteiger partial charge in [0.15, 0.2) is 25.0 Å². The summed E-state index contributed by atoms with van der Waals surface area (Å²) < 4.78 is 12.4. The van der Waals surface area contributed by atoms with Gasteiger partial charge in [-0.15, -0.1) is 0 Å². The summed E-state index contributed by atoms with van der Waals surface area (Å²) in [6.07, 6.45) is 0.756. The summed E-state index contributed by atoms with van der Waals surface area (Å²) in [7, 11) is 0.